The molecule has 5 aliphatic carbocycles. The molecule has 5 heteroatoms. The van der Waals surface area contributed by atoms with Crippen LogP contribution < -0.4 is 5.32 Å². The van der Waals surface area contributed by atoms with E-state index in [1.54, 1.807) is 12.1 Å². The number of benzene rings is 1. The van der Waals surface area contributed by atoms with Crippen LogP contribution in [0.4, 0.5) is 0 Å². The Labute approximate surface area is 303 Å². The fourth-order valence-corrected chi connectivity index (χ4v) is 15.1. The molecule has 0 spiro atoms. The second-order valence-electron chi connectivity index (χ2n) is 19.7. The van der Waals surface area contributed by atoms with Crippen molar-refractivity contribution in [3.05, 3.63) is 53.6 Å². The molecule has 2 heterocycles. The molecule has 7 aliphatic rings. The number of allylic oxidation sites excluding steroid dienone is 3. The Morgan fingerprint density at radius 3 is 2.30 bits per heavy atom. The summed E-state index contributed by atoms with van der Waals surface area (Å²) in [7, 11) is 0. The van der Waals surface area contributed by atoms with Gasteiger partial charge in [-0.05, 0) is 152 Å². The lowest BCUT2D eigenvalue weighted by Crippen LogP contribution is -2.68. The number of carboxylic acids is 1. The van der Waals surface area contributed by atoms with Gasteiger partial charge in [-0.2, -0.15) is 0 Å². The minimum Gasteiger partial charge on any atom is -0.478 e. The van der Waals surface area contributed by atoms with Crippen molar-refractivity contribution in [2.24, 2.45) is 51.2 Å². The van der Waals surface area contributed by atoms with E-state index in [4.69, 9.17) is 4.74 Å². The zero-order valence-electron chi connectivity index (χ0n) is 32.2. The number of nitrogens with one attached hydrogen (secondary N) is 1. The van der Waals surface area contributed by atoms with Gasteiger partial charge in [-0.1, -0.05) is 71.4 Å². The SMILES string of the molecule is C=C(C)[C@@H]1CC[C@]2(NCCN3C4CCCC3COC4)CC[C@]3(C)[C@H](CC[C@@H]4[C@@]5(C)CC=C(c6ccc(C(=O)O)cc6)C(C)(C)[C@@H]5CC[C@]43C)[C@@H]12. The van der Waals surface area contributed by atoms with Crippen molar-refractivity contribution >= 4 is 11.5 Å². The Morgan fingerprint density at radius 2 is 1.62 bits per heavy atom. The van der Waals surface area contributed by atoms with Gasteiger partial charge < -0.3 is 15.2 Å². The van der Waals surface area contributed by atoms with Gasteiger partial charge in [0.05, 0.1) is 18.8 Å². The zero-order chi connectivity index (χ0) is 35.3. The van der Waals surface area contributed by atoms with Crippen molar-refractivity contribution in [3.63, 3.8) is 0 Å². The lowest BCUT2D eigenvalue weighted by Gasteiger charge is -2.72. The Kier molecular flexibility index (Phi) is 8.64. The quantitative estimate of drug-likeness (QED) is 0.281. The fraction of sp³-hybridized carbons (Fsp3) is 0.756. The normalized spacial score (nSPS) is 45.0. The summed E-state index contributed by atoms with van der Waals surface area (Å²) in [6.07, 6.45) is 18.3. The summed E-state index contributed by atoms with van der Waals surface area (Å²) in [5.74, 6) is 2.54. The zero-order valence-corrected chi connectivity index (χ0v) is 32.2. The van der Waals surface area contributed by atoms with Gasteiger partial charge in [-0.15, -0.1) is 0 Å². The molecule has 2 saturated heterocycles. The summed E-state index contributed by atoms with van der Waals surface area (Å²) < 4.78 is 5.99. The molecule has 50 heavy (non-hydrogen) atoms. The van der Waals surface area contributed by atoms with Gasteiger partial charge in [-0.25, -0.2) is 4.79 Å². The van der Waals surface area contributed by atoms with Gasteiger partial charge in [0.15, 0.2) is 0 Å². The lowest BCUT2D eigenvalue weighted by atomic mass is 9.33. The number of carboxylic acid groups (broad SMARTS) is 1. The van der Waals surface area contributed by atoms with Crippen LogP contribution in [0.15, 0.2) is 42.5 Å². The molecule has 11 atom stereocenters. The van der Waals surface area contributed by atoms with Crippen molar-refractivity contribution in [1.29, 1.82) is 0 Å². The van der Waals surface area contributed by atoms with E-state index in [2.05, 4.69) is 64.4 Å². The molecule has 2 aliphatic heterocycles. The van der Waals surface area contributed by atoms with Crippen LogP contribution in [0.2, 0.25) is 0 Å². The Hall–Kier alpha value is -1.95. The third-order valence-electron chi connectivity index (χ3n) is 17.6. The van der Waals surface area contributed by atoms with Crippen molar-refractivity contribution < 1.29 is 14.6 Å². The van der Waals surface area contributed by atoms with E-state index >= 15 is 0 Å². The van der Waals surface area contributed by atoms with Gasteiger partial charge in [-0.3, -0.25) is 4.90 Å². The first-order chi connectivity index (χ1) is 23.8. The largest absolute Gasteiger partial charge is 0.478 e. The third kappa shape index (κ3) is 5.05. The average molecular weight is 683 g/mol. The van der Waals surface area contributed by atoms with Crippen LogP contribution in [0.25, 0.3) is 5.57 Å². The molecule has 8 rings (SSSR count). The van der Waals surface area contributed by atoms with Crippen molar-refractivity contribution in [2.75, 3.05) is 26.3 Å². The van der Waals surface area contributed by atoms with E-state index in [0.717, 1.165) is 32.1 Å². The monoisotopic (exact) mass is 683 g/mol. The lowest BCUT2D eigenvalue weighted by molar-refractivity contribution is -0.219. The predicted molar refractivity (Wildman–Crippen MR) is 203 cm³/mol. The second-order valence-corrected chi connectivity index (χ2v) is 19.7. The second kappa shape index (κ2) is 12.3. The molecule has 274 valence electrons. The molecule has 0 aromatic heterocycles. The van der Waals surface area contributed by atoms with Gasteiger partial charge >= 0.3 is 5.97 Å². The minimum atomic E-state index is -0.852. The molecule has 2 unspecified atom stereocenters. The molecular formula is C45H66N2O3. The molecule has 1 aromatic carbocycles. The number of carbonyl (C=O) groups is 1. The maximum absolute atomic E-state index is 11.6. The Balaban J connectivity index is 1.06. The summed E-state index contributed by atoms with van der Waals surface area (Å²) in [5, 5.41) is 13.9. The van der Waals surface area contributed by atoms with Crippen LogP contribution in [-0.4, -0.2) is 59.9 Å². The summed E-state index contributed by atoms with van der Waals surface area (Å²) in [4.78, 5) is 14.4. The van der Waals surface area contributed by atoms with Gasteiger partial charge in [0, 0.05) is 30.7 Å². The maximum atomic E-state index is 11.6. The highest BCUT2D eigenvalue weighted by atomic mass is 16.5. The van der Waals surface area contributed by atoms with E-state index in [1.165, 1.54) is 93.9 Å². The molecule has 2 bridgehead atoms. The van der Waals surface area contributed by atoms with Crippen LogP contribution in [0.1, 0.15) is 135 Å². The number of piperidine rings is 1. The summed E-state index contributed by atoms with van der Waals surface area (Å²) >= 11 is 0. The van der Waals surface area contributed by atoms with Crippen LogP contribution >= 0.6 is 0 Å². The molecule has 0 radical (unpaired) electrons. The highest BCUT2D eigenvalue weighted by Gasteiger charge is 2.70. The van der Waals surface area contributed by atoms with Crippen LogP contribution in [0, 0.1) is 51.2 Å². The number of nitrogens with zero attached hydrogens (tertiary/aromatic N) is 1. The first-order valence-corrected chi connectivity index (χ1v) is 20.5. The number of ether oxygens (including phenoxy) is 1. The van der Waals surface area contributed by atoms with Crippen LogP contribution in [0.5, 0.6) is 0 Å². The van der Waals surface area contributed by atoms with Crippen LogP contribution in [0.3, 0.4) is 0 Å². The number of morpholine rings is 1. The number of hydrogen-bond acceptors (Lipinski definition) is 4. The van der Waals surface area contributed by atoms with E-state index in [9.17, 15) is 9.90 Å². The molecule has 1 aromatic rings. The van der Waals surface area contributed by atoms with Gasteiger partial charge in [0.2, 0.25) is 0 Å². The number of fused-ring (bicyclic) bond motifs is 9. The molecular weight excluding hydrogens is 617 g/mol. The smallest absolute Gasteiger partial charge is 0.335 e. The highest BCUT2D eigenvalue weighted by molar-refractivity contribution is 5.88. The predicted octanol–water partition coefficient (Wildman–Crippen LogP) is 9.63. The van der Waals surface area contributed by atoms with E-state index in [1.807, 2.05) is 12.1 Å². The third-order valence-corrected chi connectivity index (χ3v) is 17.6. The summed E-state index contributed by atoms with van der Waals surface area (Å²) in [6, 6.07) is 8.92. The molecule has 5 nitrogen and oxygen atoms in total. The topological polar surface area (TPSA) is 61.8 Å². The average Bonchev–Trinajstić information content (AvgIpc) is 3.45. The summed E-state index contributed by atoms with van der Waals surface area (Å²) in [5.41, 5.74) is 5.63. The number of rotatable bonds is 7. The van der Waals surface area contributed by atoms with E-state index in [0.29, 0.717) is 52.1 Å². The molecule has 6 fully saturated rings. The first kappa shape index (κ1) is 35.1. The first-order valence-electron chi connectivity index (χ1n) is 20.5. The maximum Gasteiger partial charge on any atom is 0.335 e. The van der Waals surface area contributed by atoms with Crippen molar-refractivity contribution in [3.8, 4) is 0 Å². The Bertz CT molecular complexity index is 1510. The minimum absolute atomic E-state index is 0.0396. The fourth-order valence-electron chi connectivity index (χ4n) is 15.1. The van der Waals surface area contributed by atoms with Crippen LogP contribution in [-0.2, 0) is 4.74 Å². The van der Waals surface area contributed by atoms with Crippen molar-refractivity contribution in [1.82, 2.24) is 10.2 Å². The van der Waals surface area contributed by atoms with E-state index in [-0.39, 0.29) is 16.4 Å². The standard InChI is InChI=1S/C45H66N2O3/c1-29(2)34-17-22-45(46-25-26-47-32-9-8-10-33(47)28-50-27-32)24-23-43(6)36(39(34)45)15-16-38-42(5)20-18-35(30-11-13-31(14-12-30)40(48)49)41(3,4)37(42)19-21-44(38,43)7/h11-14,18,32-34,36-39,46H,1,8-10,15-17,19-28H2,2-7H3,(H,48,49)/t32?,33?,34-,36+,37-,38+,39+,42-,43+,44+,45-/m0/s1. The van der Waals surface area contributed by atoms with Gasteiger partial charge in [0.25, 0.3) is 0 Å². The van der Waals surface area contributed by atoms with Crippen molar-refractivity contribution in [2.45, 2.75) is 136 Å². The molecule has 0 amide bonds. The van der Waals surface area contributed by atoms with E-state index < -0.39 is 5.97 Å². The molecule has 4 saturated carbocycles. The number of aromatic carboxylic acids is 1. The highest BCUT2D eigenvalue weighted by Crippen LogP contribution is 2.76. The Morgan fingerprint density at radius 1 is 0.900 bits per heavy atom. The number of hydrogen-bond donors (Lipinski definition) is 2. The summed E-state index contributed by atoms with van der Waals surface area (Å²) in [6.45, 7) is 24.3. The van der Waals surface area contributed by atoms with Gasteiger partial charge in [0.1, 0.15) is 0 Å². The molecule has 2 N–H and O–H groups in total.